The van der Waals surface area contributed by atoms with Gasteiger partial charge in [-0.3, -0.25) is 14.7 Å². The average molecular weight is 407 g/mol. The molecule has 0 aromatic heterocycles. The zero-order valence-corrected chi connectivity index (χ0v) is 19.1. The van der Waals surface area contributed by atoms with Crippen LogP contribution in [0.15, 0.2) is 4.99 Å². The number of guanidine groups is 1. The van der Waals surface area contributed by atoms with Crippen LogP contribution in [0.3, 0.4) is 0 Å². The Balaban J connectivity index is 1.40. The number of rotatable bonds is 4. The molecule has 1 N–H and O–H groups in total. The molecule has 7 nitrogen and oxygen atoms in total. The molecule has 3 rings (SSSR count). The summed E-state index contributed by atoms with van der Waals surface area (Å²) < 4.78 is 0. The van der Waals surface area contributed by atoms with Crippen LogP contribution in [0.5, 0.6) is 0 Å². The van der Waals surface area contributed by atoms with Crippen LogP contribution in [-0.4, -0.2) is 111 Å². The van der Waals surface area contributed by atoms with Gasteiger partial charge in [-0.2, -0.15) is 0 Å². The smallest absolute Gasteiger partial charge is 0.236 e. The summed E-state index contributed by atoms with van der Waals surface area (Å²) in [4.78, 5) is 26.5. The van der Waals surface area contributed by atoms with Crippen molar-refractivity contribution in [1.82, 2.24) is 24.9 Å². The van der Waals surface area contributed by atoms with Crippen molar-refractivity contribution in [1.29, 1.82) is 0 Å². The second-order valence-corrected chi connectivity index (χ2v) is 9.71. The van der Waals surface area contributed by atoms with Crippen LogP contribution in [0.4, 0.5) is 0 Å². The van der Waals surface area contributed by atoms with Gasteiger partial charge >= 0.3 is 0 Å². The van der Waals surface area contributed by atoms with Gasteiger partial charge in [0.25, 0.3) is 0 Å². The molecule has 0 aromatic carbocycles. The Morgan fingerprint density at radius 1 is 1.00 bits per heavy atom. The van der Waals surface area contributed by atoms with Crippen LogP contribution in [-0.2, 0) is 4.79 Å². The topological polar surface area (TPSA) is 54.4 Å². The maximum atomic E-state index is 12.8. The van der Waals surface area contributed by atoms with Crippen molar-refractivity contribution in [3.8, 4) is 0 Å². The number of amides is 1. The first-order valence-electron chi connectivity index (χ1n) is 11.6. The Kier molecular flexibility index (Phi) is 8.18. The highest BCUT2D eigenvalue weighted by atomic mass is 16.2. The molecule has 3 fully saturated rings. The van der Waals surface area contributed by atoms with E-state index in [2.05, 4.69) is 50.8 Å². The molecule has 3 heterocycles. The number of piperazine rings is 1. The molecule has 3 saturated heterocycles. The molecule has 0 saturated carbocycles. The Labute approximate surface area is 177 Å². The lowest BCUT2D eigenvalue weighted by Crippen LogP contribution is -2.55. The van der Waals surface area contributed by atoms with Gasteiger partial charge in [-0.25, -0.2) is 0 Å². The maximum Gasteiger partial charge on any atom is 0.236 e. The van der Waals surface area contributed by atoms with Crippen LogP contribution in [0, 0.1) is 17.8 Å². The highest BCUT2D eigenvalue weighted by Crippen LogP contribution is 2.21. The molecular weight excluding hydrogens is 364 g/mol. The van der Waals surface area contributed by atoms with Crippen molar-refractivity contribution in [2.45, 2.75) is 33.1 Å². The fraction of sp³-hybridized carbons (Fsp3) is 0.909. The van der Waals surface area contributed by atoms with Gasteiger partial charge in [0.05, 0.1) is 6.54 Å². The van der Waals surface area contributed by atoms with Gasteiger partial charge in [-0.05, 0) is 50.6 Å². The number of hydrogen-bond donors (Lipinski definition) is 1. The summed E-state index contributed by atoms with van der Waals surface area (Å²) in [7, 11) is 4.09. The molecule has 0 bridgehead atoms. The quantitative estimate of drug-likeness (QED) is 0.558. The summed E-state index contributed by atoms with van der Waals surface area (Å²) in [6.07, 6.45) is 3.84. The molecule has 1 amide bonds. The van der Waals surface area contributed by atoms with Crippen molar-refractivity contribution in [3.05, 3.63) is 0 Å². The van der Waals surface area contributed by atoms with Crippen LogP contribution >= 0.6 is 0 Å². The van der Waals surface area contributed by atoms with E-state index in [9.17, 15) is 4.79 Å². The molecule has 0 radical (unpaired) electrons. The lowest BCUT2D eigenvalue weighted by molar-refractivity contribution is -0.135. The normalized spacial score (nSPS) is 30.5. The molecule has 3 aliphatic rings. The third kappa shape index (κ3) is 6.57. The lowest BCUT2D eigenvalue weighted by atomic mass is 9.92. The molecule has 3 atom stereocenters. The minimum Gasteiger partial charge on any atom is -0.356 e. The Morgan fingerprint density at radius 2 is 1.69 bits per heavy atom. The first-order chi connectivity index (χ1) is 13.9. The van der Waals surface area contributed by atoms with Crippen LogP contribution in [0.1, 0.15) is 33.1 Å². The summed E-state index contributed by atoms with van der Waals surface area (Å²) in [6.45, 7) is 14.1. The van der Waals surface area contributed by atoms with E-state index in [1.165, 1.54) is 32.4 Å². The van der Waals surface area contributed by atoms with E-state index in [1.54, 1.807) is 0 Å². The van der Waals surface area contributed by atoms with Crippen molar-refractivity contribution in [2.24, 2.45) is 22.7 Å². The molecule has 3 aliphatic heterocycles. The first-order valence-corrected chi connectivity index (χ1v) is 11.6. The predicted molar refractivity (Wildman–Crippen MR) is 119 cm³/mol. The number of hydrogen-bond acceptors (Lipinski definition) is 4. The highest BCUT2D eigenvalue weighted by molar-refractivity contribution is 5.80. The summed E-state index contributed by atoms with van der Waals surface area (Å²) in [6, 6.07) is 0. The summed E-state index contributed by atoms with van der Waals surface area (Å²) in [5.41, 5.74) is 0. The number of likely N-dealkylation sites (tertiary alicyclic amines) is 2. The standard InChI is InChI=1S/C22H42N6O/c1-18-12-19(2)15-28(14-18)21(29)17-26-8-10-27(11-9-26)22(23-3)24-13-20-6-5-7-25(4)16-20/h18-20H,5-17H2,1-4H3,(H,23,24). The third-order valence-corrected chi connectivity index (χ3v) is 6.73. The number of nitrogens with one attached hydrogen (secondary N) is 1. The number of nitrogens with zero attached hydrogens (tertiary/aromatic N) is 5. The van der Waals surface area contributed by atoms with Gasteiger partial charge in [0, 0.05) is 59.4 Å². The molecule has 0 aliphatic carbocycles. The van der Waals surface area contributed by atoms with E-state index >= 15 is 0 Å². The summed E-state index contributed by atoms with van der Waals surface area (Å²) in [5, 5.41) is 3.60. The first kappa shape index (κ1) is 22.3. The Hall–Kier alpha value is -1.34. The SMILES string of the molecule is CN=C(NCC1CCCN(C)C1)N1CCN(CC(=O)N2CC(C)CC(C)C2)CC1. The van der Waals surface area contributed by atoms with Gasteiger partial charge in [0.1, 0.15) is 0 Å². The molecule has 29 heavy (non-hydrogen) atoms. The second-order valence-electron chi connectivity index (χ2n) is 9.71. The zero-order valence-electron chi connectivity index (χ0n) is 19.1. The van der Waals surface area contributed by atoms with Crippen LogP contribution < -0.4 is 5.32 Å². The molecular formula is C22H42N6O. The maximum absolute atomic E-state index is 12.8. The van der Waals surface area contributed by atoms with Crippen LogP contribution in [0.2, 0.25) is 0 Å². The van der Waals surface area contributed by atoms with Crippen LogP contribution in [0.25, 0.3) is 0 Å². The van der Waals surface area contributed by atoms with Gasteiger partial charge in [0.2, 0.25) is 5.91 Å². The van der Waals surface area contributed by atoms with E-state index in [0.717, 1.165) is 51.8 Å². The number of carbonyl (C=O) groups excluding carboxylic acids is 1. The number of aliphatic imine (C=N–C) groups is 1. The van der Waals surface area contributed by atoms with Gasteiger partial charge in [-0.1, -0.05) is 13.8 Å². The largest absolute Gasteiger partial charge is 0.356 e. The molecule has 7 heteroatoms. The van der Waals surface area contributed by atoms with Gasteiger partial charge in [-0.15, -0.1) is 0 Å². The average Bonchev–Trinajstić information content (AvgIpc) is 2.69. The van der Waals surface area contributed by atoms with Gasteiger partial charge in [0.15, 0.2) is 5.96 Å². The number of piperidine rings is 2. The third-order valence-electron chi connectivity index (χ3n) is 6.73. The fourth-order valence-corrected chi connectivity index (χ4v) is 5.28. The number of carbonyl (C=O) groups is 1. The van der Waals surface area contributed by atoms with Crippen molar-refractivity contribution in [2.75, 3.05) is 79.5 Å². The lowest BCUT2D eigenvalue weighted by Gasteiger charge is -2.39. The van der Waals surface area contributed by atoms with Crippen molar-refractivity contribution < 1.29 is 4.79 Å². The minimum atomic E-state index is 0.306. The van der Waals surface area contributed by atoms with Crippen molar-refractivity contribution in [3.63, 3.8) is 0 Å². The Morgan fingerprint density at radius 3 is 2.31 bits per heavy atom. The van der Waals surface area contributed by atoms with Gasteiger partial charge < -0.3 is 20.0 Å². The second kappa shape index (κ2) is 10.6. The van der Waals surface area contributed by atoms with E-state index in [1.807, 2.05) is 7.05 Å². The van der Waals surface area contributed by atoms with E-state index in [-0.39, 0.29) is 0 Å². The fourth-order valence-electron chi connectivity index (χ4n) is 5.28. The molecule has 0 aromatic rings. The van der Waals surface area contributed by atoms with E-state index in [0.29, 0.717) is 30.2 Å². The summed E-state index contributed by atoms with van der Waals surface area (Å²) in [5.74, 6) is 3.28. The van der Waals surface area contributed by atoms with E-state index in [4.69, 9.17) is 0 Å². The minimum absolute atomic E-state index is 0.306. The molecule has 0 spiro atoms. The molecule has 166 valence electrons. The monoisotopic (exact) mass is 406 g/mol. The molecule has 3 unspecified atom stereocenters. The van der Waals surface area contributed by atoms with Crippen molar-refractivity contribution >= 4 is 11.9 Å². The zero-order chi connectivity index (χ0) is 20.8. The predicted octanol–water partition coefficient (Wildman–Crippen LogP) is 1.03. The highest BCUT2D eigenvalue weighted by Gasteiger charge is 2.28. The Bertz CT molecular complexity index is 550. The van der Waals surface area contributed by atoms with E-state index < -0.39 is 0 Å². The summed E-state index contributed by atoms with van der Waals surface area (Å²) >= 11 is 0.